The summed E-state index contributed by atoms with van der Waals surface area (Å²) in [5.41, 5.74) is 1.59. The van der Waals surface area contributed by atoms with Gasteiger partial charge in [-0.15, -0.1) is 0 Å². The first-order valence-electron chi connectivity index (χ1n) is 7.16. The van der Waals surface area contributed by atoms with Gasteiger partial charge in [0.05, 0.1) is 12.2 Å². The minimum atomic E-state index is 0.150. The molecule has 0 atom stereocenters. The fourth-order valence-electron chi connectivity index (χ4n) is 1.98. The molecule has 2 nitrogen and oxygen atoms in total. The monoisotopic (exact) mass is 260 g/mol. The van der Waals surface area contributed by atoms with Gasteiger partial charge in [0, 0.05) is 12.0 Å². The Hall–Kier alpha value is -1.57. The van der Waals surface area contributed by atoms with Crippen molar-refractivity contribution in [1.82, 2.24) is 0 Å². The van der Waals surface area contributed by atoms with Crippen molar-refractivity contribution in [3.05, 3.63) is 35.9 Å². The van der Waals surface area contributed by atoms with Gasteiger partial charge in [0.15, 0.2) is 5.78 Å². The van der Waals surface area contributed by atoms with Crippen LogP contribution in [-0.4, -0.2) is 12.4 Å². The molecular formula is C17H24O2. The number of carbonyl (C=O) groups is 1. The standard InChI is InChI=1S/C17H24O2/c1-4-7-8-13-19-17-14(6-3)11-9-12-15(17)16(18)10-5-2/h6,9,11-12H,3-5,7-8,10,13H2,1-2H3. The van der Waals surface area contributed by atoms with Crippen LogP contribution in [0.5, 0.6) is 5.75 Å². The molecule has 0 aliphatic heterocycles. The van der Waals surface area contributed by atoms with Crippen molar-refractivity contribution < 1.29 is 9.53 Å². The van der Waals surface area contributed by atoms with E-state index in [-0.39, 0.29) is 5.78 Å². The third-order valence-corrected chi connectivity index (χ3v) is 3.04. The quantitative estimate of drug-likeness (QED) is 0.467. The van der Waals surface area contributed by atoms with Crippen molar-refractivity contribution >= 4 is 11.9 Å². The van der Waals surface area contributed by atoms with Gasteiger partial charge in [0.25, 0.3) is 0 Å². The summed E-state index contributed by atoms with van der Waals surface area (Å²) in [4.78, 5) is 12.1. The van der Waals surface area contributed by atoms with Gasteiger partial charge in [-0.1, -0.05) is 51.5 Å². The predicted molar refractivity (Wildman–Crippen MR) is 80.8 cm³/mol. The molecule has 0 saturated heterocycles. The van der Waals surface area contributed by atoms with Gasteiger partial charge in [-0.2, -0.15) is 0 Å². The second-order valence-electron chi connectivity index (χ2n) is 4.66. The number of hydrogen-bond donors (Lipinski definition) is 0. The molecule has 0 N–H and O–H groups in total. The summed E-state index contributed by atoms with van der Waals surface area (Å²) in [7, 11) is 0. The minimum absolute atomic E-state index is 0.150. The van der Waals surface area contributed by atoms with Gasteiger partial charge < -0.3 is 4.74 Å². The van der Waals surface area contributed by atoms with E-state index in [0.717, 1.165) is 31.2 Å². The lowest BCUT2D eigenvalue weighted by Gasteiger charge is -2.13. The highest BCUT2D eigenvalue weighted by Gasteiger charge is 2.14. The van der Waals surface area contributed by atoms with Crippen LogP contribution in [-0.2, 0) is 0 Å². The Morgan fingerprint density at radius 3 is 2.68 bits per heavy atom. The molecule has 104 valence electrons. The number of hydrogen-bond acceptors (Lipinski definition) is 2. The lowest BCUT2D eigenvalue weighted by Crippen LogP contribution is -2.06. The summed E-state index contributed by atoms with van der Waals surface area (Å²) < 4.78 is 5.84. The first-order chi connectivity index (χ1) is 9.24. The summed E-state index contributed by atoms with van der Waals surface area (Å²) in [5.74, 6) is 0.851. The van der Waals surface area contributed by atoms with Crippen LogP contribution >= 0.6 is 0 Å². The number of unbranched alkanes of at least 4 members (excludes halogenated alkanes) is 2. The van der Waals surface area contributed by atoms with Crippen LogP contribution in [0.25, 0.3) is 6.08 Å². The normalized spacial score (nSPS) is 10.2. The van der Waals surface area contributed by atoms with E-state index in [1.54, 1.807) is 6.08 Å². The van der Waals surface area contributed by atoms with E-state index in [1.807, 2.05) is 25.1 Å². The van der Waals surface area contributed by atoms with Crippen LogP contribution in [0.4, 0.5) is 0 Å². The summed E-state index contributed by atoms with van der Waals surface area (Å²) in [6, 6.07) is 5.67. The minimum Gasteiger partial charge on any atom is -0.492 e. The zero-order valence-electron chi connectivity index (χ0n) is 12.1. The fourth-order valence-corrected chi connectivity index (χ4v) is 1.98. The lowest BCUT2D eigenvalue weighted by molar-refractivity contribution is 0.0977. The van der Waals surface area contributed by atoms with E-state index < -0.39 is 0 Å². The Kier molecular flexibility index (Phi) is 6.94. The van der Waals surface area contributed by atoms with Gasteiger partial charge in [0.1, 0.15) is 5.75 Å². The second kappa shape index (κ2) is 8.52. The summed E-state index contributed by atoms with van der Waals surface area (Å²) in [5, 5.41) is 0. The number of rotatable bonds is 9. The molecule has 1 aromatic carbocycles. The van der Waals surface area contributed by atoms with Gasteiger partial charge in [-0.25, -0.2) is 0 Å². The average molecular weight is 260 g/mol. The zero-order valence-corrected chi connectivity index (χ0v) is 12.1. The Labute approximate surface area is 116 Å². The number of para-hydroxylation sites is 1. The smallest absolute Gasteiger partial charge is 0.166 e. The number of carbonyl (C=O) groups excluding carboxylic acids is 1. The maximum absolute atomic E-state index is 12.1. The molecule has 0 heterocycles. The maximum Gasteiger partial charge on any atom is 0.166 e. The van der Waals surface area contributed by atoms with Crippen LogP contribution in [0.2, 0.25) is 0 Å². The van der Waals surface area contributed by atoms with E-state index in [1.165, 1.54) is 0 Å². The molecule has 2 heteroatoms. The van der Waals surface area contributed by atoms with Gasteiger partial charge in [-0.3, -0.25) is 4.79 Å². The molecule has 1 rings (SSSR count). The zero-order chi connectivity index (χ0) is 14.1. The highest BCUT2D eigenvalue weighted by atomic mass is 16.5. The Morgan fingerprint density at radius 1 is 1.26 bits per heavy atom. The third-order valence-electron chi connectivity index (χ3n) is 3.04. The van der Waals surface area contributed by atoms with Gasteiger partial charge in [-0.05, 0) is 18.9 Å². The second-order valence-corrected chi connectivity index (χ2v) is 4.66. The van der Waals surface area contributed by atoms with Crippen LogP contribution in [0.1, 0.15) is 61.9 Å². The highest BCUT2D eigenvalue weighted by molar-refractivity contribution is 5.99. The lowest BCUT2D eigenvalue weighted by atomic mass is 10.0. The van der Waals surface area contributed by atoms with Crippen molar-refractivity contribution in [2.75, 3.05) is 6.61 Å². The topological polar surface area (TPSA) is 26.3 Å². The largest absolute Gasteiger partial charge is 0.492 e. The Morgan fingerprint density at radius 2 is 2.05 bits per heavy atom. The first-order valence-corrected chi connectivity index (χ1v) is 7.16. The molecule has 1 aromatic rings. The molecule has 0 spiro atoms. The Balaban J connectivity index is 2.89. The molecule has 0 aliphatic rings. The van der Waals surface area contributed by atoms with Gasteiger partial charge >= 0.3 is 0 Å². The van der Waals surface area contributed by atoms with Crippen LogP contribution in [0.3, 0.4) is 0 Å². The van der Waals surface area contributed by atoms with Gasteiger partial charge in [0.2, 0.25) is 0 Å². The third kappa shape index (κ3) is 4.55. The Bertz CT molecular complexity index is 421. The average Bonchev–Trinajstić information content (AvgIpc) is 2.43. The fraction of sp³-hybridized carbons (Fsp3) is 0.471. The van der Waals surface area contributed by atoms with E-state index in [0.29, 0.717) is 24.3 Å². The SMILES string of the molecule is C=Cc1cccc(C(=O)CCC)c1OCCCCC. The van der Waals surface area contributed by atoms with Crippen LogP contribution in [0.15, 0.2) is 24.8 Å². The molecule has 0 saturated carbocycles. The molecule has 0 bridgehead atoms. The molecular weight excluding hydrogens is 236 g/mol. The maximum atomic E-state index is 12.1. The van der Waals surface area contributed by atoms with Crippen LogP contribution < -0.4 is 4.74 Å². The molecule has 0 fully saturated rings. The number of ether oxygens (including phenoxy) is 1. The molecule has 0 aromatic heterocycles. The number of benzene rings is 1. The van der Waals surface area contributed by atoms with Crippen molar-refractivity contribution in [2.45, 2.75) is 46.0 Å². The summed E-state index contributed by atoms with van der Waals surface area (Å²) >= 11 is 0. The van der Waals surface area contributed by atoms with Crippen molar-refractivity contribution in [1.29, 1.82) is 0 Å². The van der Waals surface area contributed by atoms with E-state index in [2.05, 4.69) is 13.5 Å². The highest BCUT2D eigenvalue weighted by Crippen LogP contribution is 2.27. The van der Waals surface area contributed by atoms with Crippen molar-refractivity contribution in [3.8, 4) is 5.75 Å². The van der Waals surface area contributed by atoms with Crippen molar-refractivity contribution in [3.63, 3.8) is 0 Å². The molecule has 0 amide bonds. The summed E-state index contributed by atoms with van der Waals surface area (Å²) in [6.45, 7) is 8.62. The van der Waals surface area contributed by atoms with Crippen molar-refractivity contribution in [2.24, 2.45) is 0 Å². The molecule has 0 radical (unpaired) electrons. The molecule has 0 aliphatic carbocycles. The molecule has 0 unspecified atom stereocenters. The van der Waals surface area contributed by atoms with Crippen LogP contribution in [0, 0.1) is 0 Å². The number of ketones is 1. The van der Waals surface area contributed by atoms with E-state index >= 15 is 0 Å². The predicted octanol–water partition coefficient (Wildman–Crippen LogP) is 4.88. The molecule has 19 heavy (non-hydrogen) atoms. The van der Waals surface area contributed by atoms with E-state index in [4.69, 9.17) is 4.74 Å². The number of Topliss-reactive ketones (excluding diaryl/α,β-unsaturated/α-hetero) is 1. The first kappa shape index (κ1) is 15.5. The summed E-state index contributed by atoms with van der Waals surface area (Å²) in [6.07, 6.45) is 6.49. The van der Waals surface area contributed by atoms with E-state index in [9.17, 15) is 4.79 Å².